The summed E-state index contributed by atoms with van der Waals surface area (Å²) in [4.78, 5) is 10.2. The number of nitrogens with one attached hydrogen (secondary N) is 1. The highest BCUT2D eigenvalue weighted by Crippen LogP contribution is 2.18. The molecule has 0 aliphatic heterocycles. The highest BCUT2D eigenvalue weighted by molar-refractivity contribution is 5.66. The van der Waals surface area contributed by atoms with Crippen LogP contribution >= 0.6 is 0 Å². The minimum Gasteiger partial charge on any atom is -0.481 e. The average Bonchev–Trinajstić information content (AvgIpc) is 1.95. The second-order valence-electron chi connectivity index (χ2n) is 4.54. The quantitative estimate of drug-likeness (QED) is 0.646. The monoisotopic (exact) mass is 187 g/mol. The summed E-state index contributed by atoms with van der Waals surface area (Å²) >= 11 is 0. The van der Waals surface area contributed by atoms with Gasteiger partial charge < -0.3 is 10.4 Å². The predicted molar refractivity (Wildman–Crippen MR) is 53.8 cm³/mol. The Bertz CT molecular complexity index is 161. The van der Waals surface area contributed by atoms with Gasteiger partial charge in [-0.25, -0.2) is 0 Å². The van der Waals surface area contributed by atoms with Gasteiger partial charge in [-0.2, -0.15) is 0 Å². The molecule has 0 aromatic heterocycles. The normalized spacial score (nSPS) is 14.2. The Kier molecular flexibility index (Phi) is 4.99. The van der Waals surface area contributed by atoms with E-state index in [-0.39, 0.29) is 11.8 Å². The summed E-state index contributed by atoms with van der Waals surface area (Å²) < 4.78 is 0. The van der Waals surface area contributed by atoms with Crippen LogP contribution in [-0.2, 0) is 4.79 Å². The van der Waals surface area contributed by atoms with E-state index in [1.807, 2.05) is 0 Å². The maximum absolute atomic E-state index is 10.2. The molecule has 0 aliphatic rings. The molecule has 13 heavy (non-hydrogen) atoms. The second-order valence-corrected chi connectivity index (χ2v) is 4.54. The molecule has 0 amide bonds. The predicted octanol–water partition coefficient (Wildman–Crippen LogP) is 1.88. The molecule has 0 saturated heterocycles. The fraction of sp³-hybridized carbons (Fsp3) is 0.900. The summed E-state index contributed by atoms with van der Waals surface area (Å²) in [6.45, 7) is 9.41. The molecule has 0 spiro atoms. The molecule has 0 bridgehead atoms. The molecule has 2 N–H and O–H groups in total. The van der Waals surface area contributed by atoms with Gasteiger partial charge in [0.1, 0.15) is 0 Å². The van der Waals surface area contributed by atoms with Crippen molar-refractivity contribution in [1.82, 2.24) is 5.32 Å². The van der Waals surface area contributed by atoms with Gasteiger partial charge >= 0.3 is 5.97 Å². The van der Waals surface area contributed by atoms with E-state index < -0.39 is 5.97 Å². The number of carboxylic acid groups (broad SMARTS) is 1. The van der Waals surface area contributed by atoms with Crippen LogP contribution in [0.2, 0.25) is 0 Å². The van der Waals surface area contributed by atoms with E-state index in [2.05, 4.69) is 33.0 Å². The van der Waals surface area contributed by atoms with Gasteiger partial charge in [0, 0.05) is 12.5 Å². The number of carbonyl (C=O) groups is 1. The molecular weight excluding hydrogens is 166 g/mol. The Morgan fingerprint density at radius 3 is 2.38 bits per heavy atom. The maximum Gasteiger partial charge on any atom is 0.303 e. The molecule has 1 atom stereocenters. The Hall–Kier alpha value is -0.570. The minimum absolute atomic E-state index is 0.239. The number of aliphatic carboxylic acids is 1. The van der Waals surface area contributed by atoms with Crippen molar-refractivity contribution in [2.24, 2.45) is 5.41 Å². The van der Waals surface area contributed by atoms with Crippen molar-refractivity contribution in [2.75, 3.05) is 6.54 Å². The summed E-state index contributed by atoms with van der Waals surface area (Å²) in [5.74, 6) is -0.717. The van der Waals surface area contributed by atoms with Crippen LogP contribution in [0.3, 0.4) is 0 Å². The van der Waals surface area contributed by atoms with Crippen LogP contribution in [0.15, 0.2) is 0 Å². The zero-order valence-electron chi connectivity index (χ0n) is 9.05. The van der Waals surface area contributed by atoms with Crippen molar-refractivity contribution in [3.8, 4) is 0 Å². The first-order valence-electron chi connectivity index (χ1n) is 4.79. The molecular formula is C10H21NO2. The molecule has 0 heterocycles. The maximum atomic E-state index is 10.2. The SMILES string of the molecule is CC(NCCCC(=O)O)C(C)(C)C. The van der Waals surface area contributed by atoms with Crippen LogP contribution in [0, 0.1) is 5.41 Å². The first-order valence-corrected chi connectivity index (χ1v) is 4.79. The zero-order chi connectivity index (χ0) is 10.5. The summed E-state index contributed by atoms with van der Waals surface area (Å²) in [7, 11) is 0. The average molecular weight is 187 g/mol. The van der Waals surface area contributed by atoms with Crippen LogP contribution in [0.5, 0.6) is 0 Å². The molecule has 3 nitrogen and oxygen atoms in total. The molecule has 1 unspecified atom stereocenters. The number of carboxylic acids is 1. The van der Waals surface area contributed by atoms with Gasteiger partial charge in [0.05, 0.1) is 0 Å². The van der Waals surface area contributed by atoms with E-state index in [1.165, 1.54) is 0 Å². The van der Waals surface area contributed by atoms with Gasteiger partial charge in [-0.15, -0.1) is 0 Å². The molecule has 0 saturated carbocycles. The van der Waals surface area contributed by atoms with Gasteiger partial charge in [-0.3, -0.25) is 4.79 Å². The fourth-order valence-electron chi connectivity index (χ4n) is 0.864. The van der Waals surface area contributed by atoms with E-state index in [4.69, 9.17) is 5.11 Å². The lowest BCUT2D eigenvalue weighted by atomic mass is 9.88. The molecule has 0 fully saturated rings. The lowest BCUT2D eigenvalue weighted by Gasteiger charge is -2.28. The summed E-state index contributed by atoms with van der Waals surface area (Å²) in [5, 5.41) is 11.7. The third-order valence-electron chi connectivity index (χ3n) is 2.32. The Morgan fingerprint density at radius 2 is 2.00 bits per heavy atom. The standard InChI is InChI=1S/C10H21NO2/c1-8(10(2,3)4)11-7-5-6-9(12)13/h8,11H,5-7H2,1-4H3,(H,12,13). The van der Waals surface area contributed by atoms with E-state index in [0.717, 1.165) is 6.54 Å². The molecule has 0 aromatic rings. The van der Waals surface area contributed by atoms with Crippen LogP contribution in [0.25, 0.3) is 0 Å². The van der Waals surface area contributed by atoms with Crippen molar-refractivity contribution in [3.63, 3.8) is 0 Å². The van der Waals surface area contributed by atoms with Crippen LogP contribution in [0.4, 0.5) is 0 Å². The summed E-state index contributed by atoms with van der Waals surface area (Å²) in [6.07, 6.45) is 0.958. The van der Waals surface area contributed by atoms with E-state index >= 15 is 0 Å². The van der Waals surface area contributed by atoms with E-state index in [0.29, 0.717) is 12.5 Å². The molecule has 0 radical (unpaired) electrons. The number of hydrogen-bond acceptors (Lipinski definition) is 2. The van der Waals surface area contributed by atoms with Gasteiger partial charge in [-0.1, -0.05) is 20.8 Å². The highest BCUT2D eigenvalue weighted by atomic mass is 16.4. The van der Waals surface area contributed by atoms with Crippen molar-refractivity contribution in [3.05, 3.63) is 0 Å². The van der Waals surface area contributed by atoms with Crippen LogP contribution < -0.4 is 5.32 Å². The molecule has 78 valence electrons. The lowest BCUT2D eigenvalue weighted by molar-refractivity contribution is -0.137. The Labute approximate surface area is 80.5 Å². The van der Waals surface area contributed by atoms with Gasteiger partial charge in [-0.05, 0) is 25.3 Å². The molecule has 0 aromatic carbocycles. The van der Waals surface area contributed by atoms with E-state index in [1.54, 1.807) is 0 Å². The molecule has 3 heteroatoms. The van der Waals surface area contributed by atoms with Gasteiger partial charge in [0.15, 0.2) is 0 Å². The first kappa shape index (κ1) is 12.4. The summed E-state index contributed by atoms with van der Waals surface area (Å²) in [6, 6.07) is 0.418. The third-order valence-corrected chi connectivity index (χ3v) is 2.32. The zero-order valence-corrected chi connectivity index (χ0v) is 9.05. The lowest BCUT2D eigenvalue weighted by Crippen LogP contribution is -2.38. The van der Waals surface area contributed by atoms with E-state index in [9.17, 15) is 4.79 Å². The first-order chi connectivity index (χ1) is 5.84. The van der Waals surface area contributed by atoms with Gasteiger partial charge in [0.2, 0.25) is 0 Å². The highest BCUT2D eigenvalue weighted by Gasteiger charge is 2.18. The largest absolute Gasteiger partial charge is 0.481 e. The van der Waals surface area contributed by atoms with Crippen molar-refractivity contribution in [2.45, 2.75) is 46.6 Å². The van der Waals surface area contributed by atoms with Crippen LogP contribution in [-0.4, -0.2) is 23.7 Å². The molecule has 0 aliphatic carbocycles. The van der Waals surface area contributed by atoms with Crippen LogP contribution in [0.1, 0.15) is 40.5 Å². The van der Waals surface area contributed by atoms with Crippen molar-refractivity contribution in [1.29, 1.82) is 0 Å². The minimum atomic E-state index is -0.717. The number of hydrogen-bond donors (Lipinski definition) is 2. The van der Waals surface area contributed by atoms with Crippen molar-refractivity contribution < 1.29 is 9.90 Å². The Morgan fingerprint density at radius 1 is 1.46 bits per heavy atom. The molecule has 0 rings (SSSR count). The third kappa shape index (κ3) is 6.58. The summed E-state index contributed by atoms with van der Waals surface area (Å²) in [5.41, 5.74) is 0.239. The fourth-order valence-corrected chi connectivity index (χ4v) is 0.864. The number of rotatable bonds is 5. The topological polar surface area (TPSA) is 49.3 Å². The van der Waals surface area contributed by atoms with Crippen molar-refractivity contribution >= 4 is 5.97 Å². The smallest absolute Gasteiger partial charge is 0.303 e. The second kappa shape index (κ2) is 5.22. The Balaban J connectivity index is 3.49. The van der Waals surface area contributed by atoms with Gasteiger partial charge in [0.25, 0.3) is 0 Å².